The Bertz CT molecular complexity index is 1040. The highest BCUT2D eigenvalue weighted by Crippen LogP contribution is 2.31. The van der Waals surface area contributed by atoms with Crippen LogP contribution in [0.2, 0.25) is 0 Å². The van der Waals surface area contributed by atoms with Gasteiger partial charge in [0, 0.05) is 24.7 Å². The predicted octanol–water partition coefficient (Wildman–Crippen LogP) is 3.99. The molecule has 1 aliphatic rings. The highest BCUT2D eigenvalue weighted by atomic mass is 19.1. The molecule has 0 spiro atoms. The lowest BCUT2D eigenvalue weighted by Crippen LogP contribution is -2.52. The Hall–Kier alpha value is -3.69. The number of benzene rings is 2. The number of nitro groups is 1. The van der Waals surface area contributed by atoms with Gasteiger partial charge in [0.05, 0.1) is 12.0 Å². The van der Waals surface area contributed by atoms with E-state index in [-0.39, 0.29) is 35.7 Å². The molecule has 9 nitrogen and oxygen atoms in total. The minimum Gasteiger partial charge on any atom is -0.490 e. The Labute approximate surface area is 203 Å². The molecule has 0 saturated heterocycles. The molecular formula is C25H30FN3O6. The van der Waals surface area contributed by atoms with Crippen molar-refractivity contribution in [1.82, 2.24) is 10.2 Å². The average Bonchev–Trinajstić information content (AvgIpc) is 3.36. The maximum absolute atomic E-state index is 13.4. The zero-order chi connectivity index (χ0) is 25.4. The topological polar surface area (TPSA) is 111 Å². The van der Waals surface area contributed by atoms with Gasteiger partial charge in [-0.05, 0) is 43.0 Å². The first kappa shape index (κ1) is 25.9. The van der Waals surface area contributed by atoms with Gasteiger partial charge >= 0.3 is 5.69 Å². The first-order valence-corrected chi connectivity index (χ1v) is 11.6. The molecule has 0 aromatic heterocycles. The molecule has 35 heavy (non-hydrogen) atoms. The largest absolute Gasteiger partial charge is 0.490 e. The van der Waals surface area contributed by atoms with E-state index in [0.717, 1.165) is 25.7 Å². The molecule has 1 atom stereocenters. The number of nitrogens with zero attached hydrogens (tertiary/aromatic N) is 2. The normalized spacial score (nSPS) is 14.3. The number of hydrogen-bond acceptors (Lipinski definition) is 6. The van der Waals surface area contributed by atoms with Gasteiger partial charge in [-0.2, -0.15) is 0 Å². The van der Waals surface area contributed by atoms with Gasteiger partial charge in [-0.1, -0.05) is 31.9 Å². The molecule has 2 amide bonds. The quantitative estimate of drug-likeness (QED) is 0.379. The van der Waals surface area contributed by atoms with Crippen molar-refractivity contribution in [1.29, 1.82) is 0 Å². The lowest BCUT2D eigenvalue weighted by atomic mass is 10.1. The number of hydrogen-bond donors (Lipinski definition) is 1. The molecule has 1 saturated carbocycles. The Morgan fingerprint density at radius 1 is 1.20 bits per heavy atom. The van der Waals surface area contributed by atoms with E-state index in [1.165, 1.54) is 42.3 Å². The molecule has 0 bridgehead atoms. The van der Waals surface area contributed by atoms with Crippen LogP contribution in [0.25, 0.3) is 0 Å². The third kappa shape index (κ3) is 6.91. The lowest BCUT2D eigenvalue weighted by Gasteiger charge is -2.31. The van der Waals surface area contributed by atoms with Crippen molar-refractivity contribution in [3.63, 3.8) is 0 Å². The van der Waals surface area contributed by atoms with E-state index in [4.69, 9.17) is 9.47 Å². The van der Waals surface area contributed by atoms with Crippen LogP contribution in [0.4, 0.5) is 10.1 Å². The molecule has 2 aromatic rings. The van der Waals surface area contributed by atoms with Gasteiger partial charge in [-0.15, -0.1) is 0 Å². The van der Waals surface area contributed by atoms with Crippen LogP contribution in [-0.2, 0) is 16.1 Å². The van der Waals surface area contributed by atoms with E-state index >= 15 is 0 Å². The first-order valence-electron chi connectivity index (χ1n) is 11.6. The minimum atomic E-state index is -0.733. The molecule has 0 radical (unpaired) electrons. The molecule has 0 aliphatic heterocycles. The maximum atomic E-state index is 13.4. The van der Waals surface area contributed by atoms with Gasteiger partial charge in [0.25, 0.3) is 5.91 Å². The second-order valence-electron chi connectivity index (χ2n) is 8.44. The van der Waals surface area contributed by atoms with E-state index in [0.29, 0.717) is 12.0 Å². The van der Waals surface area contributed by atoms with Crippen LogP contribution in [0.1, 0.15) is 44.6 Å². The van der Waals surface area contributed by atoms with E-state index in [1.54, 1.807) is 12.1 Å². The van der Waals surface area contributed by atoms with Gasteiger partial charge in [0.1, 0.15) is 17.6 Å². The van der Waals surface area contributed by atoms with Crippen molar-refractivity contribution < 1.29 is 28.4 Å². The van der Waals surface area contributed by atoms with Crippen LogP contribution in [-0.4, -0.2) is 47.4 Å². The molecule has 188 valence electrons. The third-order valence-electron chi connectivity index (χ3n) is 6.06. The van der Waals surface area contributed by atoms with Crippen molar-refractivity contribution in [2.24, 2.45) is 0 Å². The van der Waals surface area contributed by atoms with E-state index < -0.39 is 29.3 Å². The molecule has 0 heterocycles. The van der Waals surface area contributed by atoms with Gasteiger partial charge < -0.3 is 19.7 Å². The molecular weight excluding hydrogens is 457 g/mol. The van der Waals surface area contributed by atoms with Crippen LogP contribution in [0.3, 0.4) is 0 Å². The van der Waals surface area contributed by atoms with E-state index in [9.17, 15) is 24.1 Å². The fourth-order valence-corrected chi connectivity index (χ4v) is 4.20. The number of methoxy groups -OCH3 is 1. The standard InChI is InChI=1S/C25H30FN3O6/c1-3-21(25(31)27-19-6-4-5-7-19)28(15-17-8-10-18(26)11-9-17)24(30)16-35-20-12-13-22(29(32)33)23(14-20)34-2/h8-14,19,21H,3-7,15-16H2,1-2H3,(H,27,31). The van der Waals surface area contributed by atoms with Crippen molar-refractivity contribution in [3.8, 4) is 11.5 Å². The maximum Gasteiger partial charge on any atom is 0.311 e. The van der Waals surface area contributed by atoms with Gasteiger partial charge in [0.2, 0.25) is 11.7 Å². The SMILES string of the molecule is CCC(C(=O)NC1CCCC1)N(Cc1ccc(F)cc1)C(=O)COc1ccc([N+](=O)[O-])c(OC)c1. The van der Waals surface area contributed by atoms with Crippen LogP contribution in [0, 0.1) is 15.9 Å². The van der Waals surface area contributed by atoms with Crippen molar-refractivity contribution in [2.45, 2.75) is 57.7 Å². The summed E-state index contributed by atoms with van der Waals surface area (Å²) in [6, 6.07) is 9.06. The number of nitrogens with one attached hydrogen (secondary N) is 1. The Morgan fingerprint density at radius 3 is 2.49 bits per heavy atom. The molecule has 1 fully saturated rings. The van der Waals surface area contributed by atoms with E-state index in [1.807, 2.05) is 6.92 Å². The summed E-state index contributed by atoms with van der Waals surface area (Å²) in [7, 11) is 1.30. The monoisotopic (exact) mass is 487 g/mol. The van der Waals surface area contributed by atoms with Gasteiger partial charge in [0.15, 0.2) is 6.61 Å². The number of amides is 2. The number of carbonyl (C=O) groups excluding carboxylic acids is 2. The summed E-state index contributed by atoms with van der Waals surface area (Å²) < 4.78 is 24.0. The zero-order valence-electron chi connectivity index (χ0n) is 19.9. The van der Waals surface area contributed by atoms with Crippen molar-refractivity contribution in [2.75, 3.05) is 13.7 Å². The number of ether oxygens (including phenoxy) is 2. The number of rotatable bonds is 11. The van der Waals surface area contributed by atoms with Crippen LogP contribution in [0.15, 0.2) is 42.5 Å². The molecule has 1 unspecified atom stereocenters. The molecule has 1 aliphatic carbocycles. The van der Waals surface area contributed by atoms with Crippen molar-refractivity contribution >= 4 is 17.5 Å². The summed E-state index contributed by atoms with van der Waals surface area (Å²) in [6.45, 7) is 1.53. The van der Waals surface area contributed by atoms with Gasteiger partial charge in [-0.25, -0.2) is 4.39 Å². The Balaban J connectivity index is 1.77. The predicted molar refractivity (Wildman–Crippen MR) is 127 cm³/mol. The number of halogens is 1. The Kier molecular flexibility index (Phi) is 8.99. The highest BCUT2D eigenvalue weighted by molar-refractivity contribution is 5.88. The third-order valence-corrected chi connectivity index (χ3v) is 6.06. The summed E-state index contributed by atoms with van der Waals surface area (Å²) >= 11 is 0. The summed E-state index contributed by atoms with van der Waals surface area (Å²) in [5.74, 6) is -0.850. The Morgan fingerprint density at radius 2 is 1.89 bits per heavy atom. The summed E-state index contributed by atoms with van der Waals surface area (Å²) in [6.07, 6.45) is 4.34. The number of nitro benzene ring substituents is 1. The van der Waals surface area contributed by atoms with Crippen LogP contribution in [0.5, 0.6) is 11.5 Å². The summed E-state index contributed by atoms with van der Waals surface area (Å²) in [5.41, 5.74) is 0.447. The summed E-state index contributed by atoms with van der Waals surface area (Å²) in [4.78, 5) is 38.3. The second kappa shape index (κ2) is 12.1. The fourth-order valence-electron chi connectivity index (χ4n) is 4.20. The van der Waals surface area contributed by atoms with Crippen molar-refractivity contribution in [3.05, 3.63) is 64.0 Å². The first-order chi connectivity index (χ1) is 16.8. The minimum absolute atomic E-state index is 0.00509. The molecule has 2 aromatic carbocycles. The smallest absolute Gasteiger partial charge is 0.311 e. The van der Waals surface area contributed by atoms with Crippen LogP contribution < -0.4 is 14.8 Å². The fraction of sp³-hybridized carbons (Fsp3) is 0.440. The summed E-state index contributed by atoms with van der Waals surface area (Å²) in [5, 5.41) is 14.2. The van der Waals surface area contributed by atoms with Gasteiger partial charge in [-0.3, -0.25) is 19.7 Å². The highest BCUT2D eigenvalue weighted by Gasteiger charge is 2.31. The average molecular weight is 488 g/mol. The number of carbonyl (C=O) groups is 2. The second-order valence-corrected chi connectivity index (χ2v) is 8.44. The molecule has 1 N–H and O–H groups in total. The molecule has 10 heteroatoms. The van der Waals surface area contributed by atoms with E-state index in [2.05, 4.69) is 5.32 Å². The van der Waals surface area contributed by atoms with Crippen LogP contribution >= 0.6 is 0 Å². The molecule has 3 rings (SSSR count). The zero-order valence-corrected chi connectivity index (χ0v) is 19.9. The lowest BCUT2D eigenvalue weighted by molar-refractivity contribution is -0.385.